The fourth-order valence-corrected chi connectivity index (χ4v) is 2.16. The van der Waals surface area contributed by atoms with Crippen molar-refractivity contribution in [3.8, 4) is 0 Å². The summed E-state index contributed by atoms with van der Waals surface area (Å²) >= 11 is 0. The van der Waals surface area contributed by atoms with Crippen LogP contribution < -0.4 is 11.5 Å². The Hall–Kier alpha value is -0.340. The van der Waals surface area contributed by atoms with E-state index in [-0.39, 0.29) is 0 Å². The van der Waals surface area contributed by atoms with Gasteiger partial charge in [-0.3, -0.25) is 0 Å². The molecule has 3 aliphatic rings. The molecule has 1 fully saturated rings. The Balaban J connectivity index is 2.22. The standard InChI is InChI=1S/C8H14N2/c9-7-3-5-1-2-6(7)8(10)4-5/h1-2,5-8H,3-4,9-10H2. The van der Waals surface area contributed by atoms with Crippen molar-refractivity contribution in [2.45, 2.75) is 24.9 Å². The second kappa shape index (κ2) is 2.07. The topological polar surface area (TPSA) is 52.0 Å². The van der Waals surface area contributed by atoms with Crippen molar-refractivity contribution >= 4 is 0 Å². The maximum absolute atomic E-state index is 5.88. The molecular formula is C8H14N2. The third-order valence-corrected chi connectivity index (χ3v) is 2.74. The summed E-state index contributed by atoms with van der Waals surface area (Å²) in [4.78, 5) is 0. The van der Waals surface area contributed by atoms with Crippen LogP contribution in [0.1, 0.15) is 12.8 Å². The highest BCUT2D eigenvalue weighted by Crippen LogP contribution is 2.34. The number of nitrogens with two attached hydrogens (primary N) is 2. The fraction of sp³-hybridized carbons (Fsp3) is 0.750. The summed E-state index contributed by atoms with van der Waals surface area (Å²) in [5.74, 6) is 1.14. The van der Waals surface area contributed by atoms with E-state index in [9.17, 15) is 0 Å². The molecule has 10 heavy (non-hydrogen) atoms. The Bertz CT molecular complexity index is 153. The molecule has 0 amide bonds. The molecule has 0 aliphatic heterocycles. The van der Waals surface area contributed by atoms with E-state index < -0.39 is 0 Å². The molecular weight excluding hydrogens is 124 g/mol. The minimum absolute atomic E-state index is 0.332. The van der Waals surface area contributed by atoms with Crippen LogP contribution in [0.3, 0.4) is 0 Å². The zero-order valence-corrected chi connectivity index (χ0v) is 6.03. The predicted molar refractivity (Wildman–Crippen MR) is 41.3 cm³/mol. The molecule has 0 aromatic carbocycles. The molecule has 2 heteroatoms. The van der Waals surface area contributed by atoms with Crippen molar-refractivity contribution in [1.82, 2.24) is 0 Å². The monoisotopic (exact) mass is 138 g/mol. The van der Waals surface area contributed by atoms with Gasteiger partial charge in [-0.05, 0) is 18.8 Å². The second-order valence-corrected chi connectivity index (χ2v) is 3.52. The van der Waals surface area contributed by atoms with Crippen LogP contribution in [0.15, 0.2) is 12.2 Å². The van der Waals surface area contributed by atoms with Gasteiger partial charge in [-0.2, -0.15) is 0 Å². The molecule has 1 saturated carbocycles. The Morgan fingerprint density at radius 2 is 1.60 bits per heavy atom. The van der Waals surface area contributed by atoms with Crippen LogP contribution in [0.25, 0.3) is 0 Å². The Labute approximate surface area is 61.3 Å². The summed E-state index contributed by atoms with van der Waals surface area (Å²) in [5, 5.41) is 0. The normalized spacial score (nSPS) is 51.8. The Morgan fingerprint density at radius 3 is 1.90 bits per heavy atom. The van der Waals surface area contributed by atoms with Gasteiger partial charge < -0.3 is 11.5 Å². The minimum Gasteiger partial charge on any atom is -0.327 e. The van der Waals surface area contributed by atoms with E-state index in [2.05, 4.69) is 12.2 Å². The summed E-state index contributed by atoms with van der Waals surface area (Å²) < 4.78 is 0. The van der Waals surface area contributed by atoms with Crippen molar-refractivity contribution in [3.05, 3.63) is 12.2 Å². The van der Waals surface area contributed by atoms with Crippen LogP contribution in [-0.4, -0.2) is 12.1 Å². The first kappa shape index (κ1) is 6.38. The molecule has 3 aliphatic carbocycles. The average molecular weight is 138 g/mol. The van der Waals surface area contributed by atoms with Gasteiger partial charge in [0, 0.05) is 18.0 Å². The van der Waals surface area contributed by atoms with Crippen molar-refractivity contribution in [2.24, 2.45) is 23.3 Å². The molecule has 0 heterocycles. The average Bonchev–Trinajstić information content (AvgIpc) is 1.86. The first-order valence-electron chi connectivity index (χ1n) is 3.97. The zero-order valence-electron chi connectivity index (χ0n) is 6.03. The SMILES string of the molecule is NC1CC2C=CC1C(N)C2. The molecule has 0 spiro atoms. The lowest BCUT2D eigenvalue weighted by atomic mass is 9.70. The second-order valence-electron chi connectivity index (χ2n) is 3.52. The van der Waals surface area contributed by atoms with Crippen LogP contribution >= 0.6 is 0 Å². The van der Waals surface area contributed by atoms with Gasteiger partial charge in [-0.1, -0.05) is 12.2 Å². The zero-order chi connectivity index (χ0) is 7.14. The van der Waals surface area contributed by atoms with E-state index in [1.54, 1.807) is 0 Å². The summed E-state index contributed by atoms with van der Waals surface area (Å²) in [7, 11) is 0. The van der Waals surface area contributed by atoms with Crippen LogP contribution in [0.4, 0.5) is 0 Å². The highest BCUT2D eigenvalue weighted by Gasteiger charge is 2.34. The number of hydrogen-bond donors (Lipinski definition) is 2. The smallest absolute Gasteiger partial charge is 0.0122 e. The lowest BCUT2D eigenvalue weighted by Crippen LogP contribution is -2.50. The Kier molecular flexibility index (Phi) is 1.32. The Morgan fingerprint density at radius 1 is 1.00 bits per heavy atom. The maximum atomic E-state index is 5.88. The molecule has 0 aromatic rings. The summed E-state index contributed by atoms with van der Waals surface area (Å²) in [5.41, 5.74) is 11.8. The van der Waals surface area contributed by atoms with E-state index in [0.29, 0.717) is 23.9 Å². The largest absolute Gasteiger partial charge is 0.327 e. The van der Waals surface area contributed by atoms with Gasteiger partial charge in [0.05, 0.1) is 0 Å². The molecule has 4 N–H and O–H groups in total. The highest BCUT2D eigenvalue weighted by atomic mass is 14.8. The predicted octanol–water partition coefficient (Wildman–Crippen LogP) is 0.237. The molecule has 0 radical (unpaired) electrons. The molecule has 0 aromatic heterocycles. The van der Waals surface area contributed by atoms with Crippen molar-refractivity contribution in [1.29, 1.82) is 0 Å². The van der Waals surface area contributed by atoms with E-state index >= 15 is 0 Å². The van der Waals surface area contributed by atoms with Crippen molar-refractivity contribution < 1.29 is 0 Å². The van der Waals surface area contributed by atoms with E-state index in [4.69, 9.17) is 11.5 Å². The number of hydrogen-bond acceptors (Lipinski definition) is 2. The molecule has 2 bridgehead atoms. The van der Waals surface area contributed by atoms with Crippen molar-refractivity contribution in [3.63, 3.8) is 0 Å². The van der Waals surface area contributed by atoms with Gasteiger partial charge in [0.15, 0.2) is 0 Å². The van der Waals surface area contributed by atoms with Gasteiger partial charge in [-0.15, -0.1) is 0 Å². The maximum Gasteiger partial charge on any atom is 0.0122 e. The minimum atomic E-state index is 0.332. The van der Waals surface area contributed by atoms with Gasteiger partial charge in [0.25, 0.3) is 0 Å². The third kappa shape index (κ3) is 0.796. The van der Waals surface area contributed by atoms with Crippen LogP contribution in [0.2, 0.25) is 0 Å². The van der Waals surface area contributed by atoms with E-state index in [1.807, 2.05) is 0 Å². The summed E-state index contributed by atoms with van der Waals surface area (Å²) in [6.07, 6.45) is 6.77. The van der Waals surface area contributed by atoms with Crippen LogP contribution in [0.5, 0.6) is 0 Å². The van der Waals surface area contributed by atoms with Gasteiger partial charge in [0.2, 0.25) is 0 Å². The molecule has 3 rings (SSSR count). The van der Waals surface area contributed by atoms with Gasteiger partial charge >= 0.3 is 0 Å². The van der Waals surface area contributed by atoms with E-state index in [0.717, 1.165) is 12.8 Å². The quantitative estimate of drug-likeness (QED) is 0.471. The third-order valence-electron chi connectivity index (χ3n) is 2.74. The van der Waals surface area contributed by atoms with Gasteiger partial charge in [-0.25, -0.2) is 0 Å². The number of fused-ring (bicyclic) bond motifs is 2. The molecule has 56 valence electrons. The molecule has 0 saturated heterocycles. The molecule has 2 atom stereocenters. The van der Waals surface area contributed by atoms with Crippen molar-refractivity contribution in [2.75, 3.05) is 0 Å². The first-order chi connectivity index (χ1) is 4.77. The fourth-order valence-electron chi connectivity index (χ4n) is 2.16. The van der Waals surface area contributed by atoms with E-state index in [1.165, 1.54) is 0 Å². The molecule has 2 nitrogen and oxygen atoms in total. The molecule has 2 unspecified atom stereocenters. The van der Waals surface area contributed by atoms with Crippen LogP contribution in [0, 0.1) is 11.8 Å². The lowest BCUT2D eigenvalue weighted by molar-refractivity contribution is 0.248. The van der Waals surface area contributed by atoms with Crippen LogP contribution in [-0.2, 0) is 0 Å². The number of allylic oxidation sites excluding steroid dienone is 1. The highest BCUT2D eigenvalue weighted by molar-refractivity contribution is 5.12. The summed E-state index contributed by atoms with van der Waals surface area (Å²) in [6, 6.07) is 0.664. The van der Waals surface area contributed by atoms with Gasteiger partial charge in [0.1, 0.15) is 0 Å². The lowest BCUT2D eigenvalue weighted by Gasteiger charge is -2.40. The first-order valence-corrected chi connectivity index (χ1v) is 3.97. The summed E-state index contributed by atoms with van der Waals surface area (Å²) in [6.45, 7) is 0. The number of rotatable bonds is 0.